The summed E-state index contributed by atoms with van der Waals surface area (Å²) in [6.45, 7) is 2.69. The molecule has 124 valence electrons. The Morgan fingerprint density at radius 2 is 1.79 bits per heavy atom. The van der Waals surface area contributed by atoms with Crippen molar-refractivity contribution in [2.45, 2.75) is 18.0 Å². The second-order valence-electron chi connectivity index (χ2n) is 5.24. The van der Waals surface area contributed by atoms with E-state index in [0.29, 0.717) is 6.54 Å². The number of benzene rings is 2. The van der Waals surface area contributed by atoms with Crippen molar-refractivity contribution in [3.63, 3.8) is 0 Å². The molecule has 1 aliphatic heterocycles. The van der Waals surface area contributed by atoms with Gasteiger partial charge in [0, 0.05) is 23.1 Å². The minimum Gasteiger partial charge on any atom is -0.335 e. The maximum absolute atomic E-state index is 12.6. The molecule has 0 aromatic heterocycles. The molecule has 0 saturated carbocycles. The van der Waals surface area contributed by atoms with Crippen LogP contribution in [0.3, 0.4) is 0 Å². The number of para-hydroxylation sites is 1. The summed E-state index contributed by atoms with van der Waals surface area (Å²) in [4.78, 5) is 15.5. The maximum Gasteiger partial charge on any atom is 0.416 e. The summed E-state index contributed by atoms with van der Waals surface area (Å²) >= 11 is 1.49. The molecule has 0 saturated heterocycles. The number of fused-ring (bicyclic) bond motifs is 1. The highest BCUT2D eigenvalue weighted by atomic mass is 32.2. The summed E-state index contributed by atoms with van der Waals surface area (Å²) in [7, 11) is 0. The van der Waals surface area contributed by atoms with Gasteiger partial charge in [0.15, 0.2) is 5.78 Å². The fraction of sp³-hybridized carbons (Fsp3) is 0.167. The Bertz CT molecular complexity index is 797. The van der Waals surface area contributed by atoms with E-state index in [2.05, 4.69) is 0 Å². The Labute approximate surface area is 142 Å². The van der Waals surface area contributed by atoms with Crippen molar-refractivity contribution in [3.05, 3.63) is 70.8 Å². The summed E-state index contributed by atoms with van der Waals surface area (Å²) in [5.41, 5.74) is 0.518. The first-order valence-electron chi connectivity index (χ1n) is 7.38. The molecular weight excluding hydrogens is 335 g/mol. The summed E-state index contributed by atoms with van der Waals surface area (Å²) in [6, 6.07) is 12.1. The second-order valence-corrected chi connectivity index (χ2v) is 6.30. The molecule has 2 nitrogen and oxygen atoms in total. The lowest BCUT2D eigenvalue weighted by atomic mass is 10.1. The fourth-order valence-electron chi connectivity index (χ4n) is 2.51. The molecule has 1 heterocycles. The number of ketones is 1. The van der Waals surface area contributed by atoms with Gasteiger partial charge in [-0.15, -0.1) is 0 Å². The third-order valence-electron chi connectivity index (χ3n) is 3.70. The van der Waals surface area contributed by atoms with Crippen LogP contribution in [-0.4, -0.2) is 12.3 Å². The Balaban J connectivity index is 1.85. The molecular formula is C18H14F3NOS. The number of halogens is 3. The van der Waals surface area contributed by atoms with Crippen LogP contribution in [0.15, 0.2) is 64.5 Å². The zero-order valence-electron chi connectivity index (χ0n) is 12.8. The van der Waals surface area contributed by atoms with E-state index in [1.165, 1.54) is 30.0 Å². The highest BCUT2D eigenvalue weighted by Gasteiger charge is 2.30. The van der Waals surface area contributed by atoms with Crippen molar-refractivity contribution >= 4 is 23.2 Å². The van der Waals surface area contributed by atoms with Gasteiger partial charge in [0.2, 0.25) is 0 Å². The SMILES string of the molecule is CCN1C(=CC(=O)c2ccc(C(F)(F)F)cc2)Sc2ccccc21. The average molecular weight is 349 g/mol. The number of carbonyl (C=O) groups excluding carboxylic acids is 1. The van der Waals surface area contributed by atoms with E-state index in [9.17, 15) is 18.0 Å². The molecule has 24 heavy (non-hydrogen) atoms. The Hall–Kier alpha value is -2.21. The largest absolute Gasteiger partial charge is 0.416 e. The smallest absolute Gasteiger partial charge is 0.335 e. The number of allylic oxidation sites excluding steroid dienone is 1. The molecule has 0 radical (unpaired) electrons. The van der Waals surface area contributed by atoms with Crippen LogP contribution in [0.1, 0.15) is 22.8 Å². The second kappa shape index (κ2) is 6.36. The predicted octanol–water partition coefficient (Wildman–Crippen LogP) is 5.36. The topological polar surface area (TPSA) is 20.3 Å². The van der Waals surface area contributed by atoms with Gasteiger partial charge in [-0.05, 0) is 31.2 Å². The molecule has 0 unspecified atom stereocenters. The Morgan fingerprint density at radius 3 is 2.42 bits per heavy atom. The van der Waals surface area contributed by atoms with E-state index in [-0.39, 0.29) is 11.3 Å². The highest BCUT2D eigenvalue weighted by Crippen LogP contribution is 2.45. The van der Waals surface area contributed by atoms with Crippen LogP contribution >= 0.6 is 11.8 Å². The molecule has 1 aliphatic rings. The van der Waals surface area contributed by atoms with Gasteiger partial charge in [0.1, 0.15) is 0 Å². The van der Waals surface area contributed by atoms with Crippen LogP contribution in [0.5, 0.6) is 0 Å². The number of carbonyl (C=O) groups is 1. The summed E-state index contributed by atoms with van der Waals surface area (Å²) in [5, 5.41) is 0.781. The average Bonchev–Trinajstić information content (AvgIpc) is 2.91. The van der Waals surface area contributed by atoms with Crippen molar-refractivity contribution in [1.29, 1.82) is 0 Å². The van der Waals surface area contributed by atoms with Crippen LogP contribution in [0, 0.1) is 0 Å². The van der Waals surface area contributed by atoms with E-state index in [1.807, 2.05) is 36.1 Å². The molecule has 0 N–H and O–H groups in total. The Kier molecular flexibility index (Phi) is 4.41. The van der Waals surface area contributed by atoms with Crippen molar-refractivity contribution in [2.75, 3.05) is 11.4 Å². The van der Waals surface area contributed by atoms with Gasteiger partial charge in [0.25, 0.3) is 0 Å². The summed E-state index contributed by atoms with van der Waals surface area (Å²) in [6.07, 6.45) is -2.92. The number of hydrogen-bond acceptors (Lipinski definition) is 3. The molecule has 6 heteroatoms. The lowest BCUT2D eigenvalue weighted by molar-refractivity contribution is -0.137. The van der Waals surface area contributed by atoms with Gasteiger partial charge < -0.3 is 4.90 Å². The van der Waals surface area contributed by atoms with Crippen LogP contribution in [0.4, 0.5) is 18.9 Å². The van der Waals surface area contributed by atoms with Gasteiger partial charge in [-0.2, -0.15) is 13.2 Å². The third-order valence-corrected chi connectivity index (χ3v) is 4.82. The van der Waals surface area contributed by atoms with Crippen molar-refractivity contribution in [1.82, 2.24) is 0 Å². The number of alkyl halides is 3. The molecule has 0 aliphatic carbocycles. The standard InChI is InChI=1S/C18H14F3NOS/c1-2-22-14-5-3-4-6-16(14)24-17(22)11-15(23)12-7-9-13(10-8-12)18(19,20)21/h3-11H,2H2,1H3. The number of rotatable bonds is 3. The van der Waals surface area contributed by atoms with Crippen LogP contribution < -0.4 is 4.90 Å². The first kappa shape index (κ1) is 16.6. The summed E-state index contributed by atoms with van der Waals surface area (Å²) in [5.74, 6) is -0.308. The third kappa shape index (κ3) is 3.19. The Morgan fingerprint density at radius 1 is 1.12 bits per heavy atom. The van der Waals surface area contributed by atoms with Gasteiger partial charge in [-0.1, -0.05) is 36.0 Å². The molecule has 0 atom stereocenters. The monoisotopic (exact) mass is 349 g/mol. The molecule has 0 spiro atoms. The van der Waals surface area contributed by atoms with Crippen LogP contribution in [-0.2, 0) is 6.18 Å². The molecule has 3 rings (SSSR count). The van der Waals surface area contributed by atoms with Crippen LogP contribution in [0.25, 0.3) is 0 Å². The first-order chi connectivity index (χ1) is 11.4. The fourth-order valence-corrected chi connectivity index (χ4v) is 3.66. The van der Waals surface area contributed by atoms with Gasteiger partial charge in [0.05, 0.1) is 16.3 Å². The summed E-state index contributed by atoms with van der Waals surface area (Å²) < 4.78 is 37.8. The van der Waals surface area contributed by atoms with Crippen molar-refractivity contribution in [3.8, 4) is 0 Å². The number of thioether (sulfide) groups is 1. The number of nitrogens with zero attached hydrogens (tertiary/aromatic N) is 1. The number of anilines is 1. The zero-order chi connectivity index (χ0) is 17.3. The molecule has 0 fully saturated rings. The van der Waals surface area contributed by atoms with E-state index in [4.69, 9.17) is 0 Å². The number of hydrogen-bond donors (Lipinski definition) is 0. The minimum atomic E-state index is -4.40. The van der Waals surface area contributed by atoms with Crippen molar-refractivity contribution < 1.29 is 18.0 Å². The zero-order valence-corrected chi connectivity index (χ0v) is 13.6. The highest BCUT2D eigenvalue weighted by molar-refractivity contribution is 8.03. The lowest BCUT2D eigenvalue weighted by Gasteiger charge is -2.17. The molecule has 0 amide bonds. The van der Waals surface area contributed by atoms with Crippen LogP contribution in [0.2, 0.25) is 0 Å². The van der Waals surface area contributed by atoms with E-state index >= 15 is 0 Å². The van der Waals surface area contributed by atoms with E-state index in [0.717, 1.165) is 27.7 Å². The normalized spacial score (nSPS) is 15.7. The van der Waals surface area contributed by atoms with Crippen molar-refractivity contribution in [2.24, 2.45) is 0 Å². The maximum atomic E-state index is 12.6. The molecule has 0 bridgehead atoms. The van der Waals surface area contributed by atoms with E-state index < -0.39 is 11.7 Å². The van der Waals surface area contributed by atoms with Gasteiger partial charge in [-0.3, -0.25) is 4.79 Å². The van der Waals surface area contributed by atoms with E-state index in [1.54, 1.807) is 0 Å². The first-order valence-corrected chi connectivity index (χ1v) is 8.19. The van der Waals surface area contributed by atoms with Gasteiger partial charge >= 0.3 is 6.18 Å². The molecule has 2 aromatic rings. The quantitative estimate of drug-likeness (QED) is 0.549. The van der Waals surface area contributed by atoms with Gasteiger partial charge in [-0.25, -0.2) is 0 Å². The lowest BCUT2D eigenvalue weighted by Crippen LogP contribution is -2.17. The predicted molar refractivity (Wildman–Crippen MR) is 89.2 cm³/mol. The minimum absolute atomic E-state index is 0.239. The molecule has 2 aromatic carbocycles.